The number of ether oxygens (including phenoxy) is 2. The Morgan fingerprint density at radius 2 is 1.27 bits per heavy atom. The maximum Gasteiger partial charge on any atom is 0.342 e. The van der Waals surface area contributed by atoms with Gasteiger partial charge in [0.25, 0.3) is 0 Å². The van der Waals surface area contributed by atoms with Crippen LogP contribution in [0.5, 0.6) is 5.75 Å². The van der Waals surface area contributed by atoms with Gasteiger partial charge in [-0.1, -0.05) is 0 Å². The van der Waals surface area contributed by atoms with E-state index >= 15 is 0 Å². The van der Waals surface area contributed by atoms with Crippen molar-refractivity contribution in [3.8, 4) is 5.75 Å². The van der Waals surface area contributed by atoms with Crippen molar-refractivity contribution in [1.29, 1.82) is 0 Å². The van der Waals surface area contributed by atoms with Crippen LogP contribution in [0.15, 0.2) is 12.1 Å². The Balaban J connectivity index is 3.20. The van der Waals surface area contributed by atoms with Crippen molar-refractivity contribution in [1.82, 2.24) is 0 Å². The second kappa shape index (κ2) is 5.99. The zero-order valence-electron chi connectivity index (χ0n) is 14.2. The van der Waals surface area contributed by atoms with Gasteiger partial charge in [0, 0.05) is 0 Å². The maximum absolute atomic E-state index is 12.2. The van der Waals surface area contributed by atoms with Crippen LogP contribution < -0.4 is 0 Å². The summed E-state index contributed by atoms with van der Waals surface area (Å²) in [5, 5.41) is 9.94. The molecule has 0 amide bonds. The van der Waals surface area contributed by atoms with Crippen LogP contribution in [-0.2, 0) is 9.47 Å². The summed E-state index contributed by atoms with van der Waals surface area (Å²) in [6.45, 7) is 12.1. The van der Waals surface area contributed by atoms with Gasteiger partial charge >= 0.3 is 11.9 Å². The predicted molar refractivity (Wildman–Crippen MR) is 83.2 cm³/mol. The Morgan fingerprint density at radius 3 is 1.68 bits per heavy atom. The summed E-state index contributed by atoms with van der Waals surface area (Å²) in [6.07, 6.45) is 0. The van der Waals surface area contributed by atoms with E-state index in [2.05, 4.69) is 0 Å². The molecule has 0 aliphatic rings. The number of carbonyl (C=O) groups is 2. The van der Waals surface area contributed by atoms with Gasteiger partial charge in [-0.05, 0) is 66.2 Å². The van der Waals surface area contributed by atoms with Crippen molar-refractivity contribution in [2.24, 2.45) is 0 Å². The summed E-state index contributed by atoms with van der Waals surface area (Å²) in [4.78, 5) is 24.3. The van der Waals surface area contributed by atoms with Crippen molar-refractivity contribution >= 4 is 11.9 Å². The number of benzene rings is 1. The van der Waals surface area contributed by atoms with Crippen LogP contribution in [0.3, 0.4) is 0 Å². The number of hydrogen-bond acceptors (Lipinski definition) is 5. The molecule has 1 aromatic carbocycles. The number of rotatable bonds is 2. The van der Waals surface area contributed by atoms with Gasteiger partial charge in [-0.25, -0.2) is 9.59 Å². The fraction of sp³-hybridized carbons (Fsp3) is 0.529. The number of phenols is 1. The van der Waals surface area contributed by atoms with Gasteiger partial charge in [0.2, 0.25) is 0 Å². The van der Waals surface area contributed by atoms with Gasteiger partial charge in [-0.3, -0.25) is 0 Å². The molecule has 0 fully saturated rings. The standard InChI is InChI=1S/C17H24O5/c1-10-8-13(18)12(15(20)22-17(5,6)7)9-11(10)14(19)21-16(2,3)4/h8-9,18H,1-7H3. The fourth-order valence-electron chi connectivity index (χ4n) is 1.74. The highest BCUT2D eigenvalue weighted by Gasteiger charge is 2.25. The Labute approximate surface area is 131 Å². The molecule has 0 aliphatic heterocycles. The summed E-state index contributed by atoms with van der Waals surface area (Å²) in [7, 11) is 0. The highest BCUT2D eigenvalue weighted by molar-refractivity contribution is 5.98. The third-order valence-electron chi connectivity index (χ3n) is 2.58. The monoisotopic (exact) mass is 308 g/mol. The van der Waals surface area contributed by atoms with Gasteiger partial charge in [0.15, 0.2) is 0 Å². The molecule has 1 N–H and O–H groups in total. The smallest absolute Gasteiger partial charge is 0.342 e. The molecular weight excluding hydrogens is 284 g/mol. The number of aromatic hydroxyl groups is 1. The van der Waals surface area contributed by atoms with E-state index in [1.54, 1.807) is 48.5 Å². The van der Waals surface area contributed by atoms with E-state index in [-0.39, 0.29) is 16.9 Å². The molecule has 1 rings (SSSR count). The van der Waals surface area contributed by atoms with E-state index in [0.717, 1.165) is 0 Å². The SMILES string of the molecule is Cc1cc(O)c(C(=O)OC(C)(C)C)cc1C(=O)OC(C)(C)C. The molecule has 0 aromatic heterocycles. The van der Waals surface area contributed by atoms with Crippen molar-refractivity contribution < 1.29 is 24.2 Å². The number of carbonyl (C=O) groups excluding carboxylic acids is 2. The predicted octanol–water partition coefficient (Wildman–Crippen LogP) is 3.61. The first-order valence-corrected chi connectivity index (χ1v) is 7.10. The molecule has 0 aliphatic carbocycles. The van der Waals surface area contributed by atoms with Crippen molar-refractivity contribution in [3.05, 3.63) is 28.8 Å². The zero-order chi connectivity index (χ0) is 17.3. The highest BCUT2D eigenvalue weighted by atomic mass is 16.6. The van der Waals surface area contributed by atoms with Gasteiger partial charge in [-0.15, -0.1) is 0 Å². The molecule has 5 heteroatoms. The van der Waals surface area contributed by atoms with Crippen LogP contribution in [0.2, 0.25) is 0 Å². The van der Waals surface area contributed by atoms with Crippen molar-refractivity contribution in [3.63, 3.8) is 0 Å². The molecule has 0 bridgehead atoms. The second-order valence-corrected chi connectivity index (χ2v) is 7.19. The van der Waals surface area contributed by atoms with Crippen LogP contribution in [0.1, 0.15) is 67.8 Å². The Kier molecular flexibility index (Phi) is 4.90. The van der Waals surface area contributed by atoms with E-state index in [4.69, 9.17) is 9.47 Å². The topological polar surface area (TPSA) is 72.8 Å². The first-order valence-electron chi connectivity index (χ1n) is 7.10. The lowest BCUT2D eigenvalue weighted by Gasteiger charge is -2.22. The third-order valence-corrected chi connectivity index (χ3v) is 2.58. The van der Waals surface area contributed by atoms with Crippen molar-refractivity contribution in [2.45, 2.75) is 59.7 Å². The van der Waals surface area contributed by atoms with Crippen LogP contribution in [0.4, 0.5) is 0 Å². The summed E-state index contributed by atoms with van der Waals surface area (Å²) >= 11 is 0. The molecule has 22 heavy (non-hydrogen) atoms. The molecule has 0 radical (unpaired) electrons. The molecule has 0 atom stereocenters. The number of aryl methyl sites for hydroxylation is 1. The zero-order valence-corrected chi connectivity index (χ0v) is 14.2. The molecule has 122 valence electrons. The first-order chi connectivity index (χ1) is 9.80. The lowest BCUT2D eigenvalue weighted by molar-refractivity contribution is 0.00658. The minimum absolute atomic E-state index is 0.0543. The Hall–Kier alpha value is -2.04. The number of hydrogen-bond donors (Lipinski definition) is 1. The third kappa shape index (κ3) is 5.06. The lowest BCUT2D eigenvalue weighted by Crippen LogP contribution is -2.26. The van der Waals surface area contributed by atoms with Gasteiger partial charge in [-0.2, -0.15) is 0 Å². The summed E-state index contributed by atoms with van der Waals surface area (Å²) in [5.41, 5.74) is -0.637. The summed E-state index contributed by atoms with van der Waals surface area (Å²) in [5.74, 6) is -1.45. The maximum atomic E-state index is 12.2. The van der Waals surface area contributed by atoms with Gasteiger partial charge < -0.3 is 14.6 Å². The van der Waals surface area contributed by atoms with E-state index < -0.39 is 23.1 Å². The normalized spacial score (nSPS) is 12.0. The number of esters is 2. The minimum atomic E-state index is -0.694. The van der Waals surface area contributed by atoms with E-state index in [9.17, 15) is 14.7 Å². The molecule has 0 unspecified atom stereocenters. The fourth-order valence-corrected chi connectivity index (χ4v) is 1.74. The average Bonchev–Trinajstić information content (AvgIpc) is 2.23. The van der Waals surface area contributed by atoms with E-state index in [0.29, 0.717) is 5.56 Å². The lowest BCUT2D eigenvalue weighted by atomic mass is 10.0. The summed E-state index contributed by atoms with van der Waals surface area (Å²) < 4.78 is 10.5. The minimum Gasteiger partial charge on any atom is -0.507 e. The van der Waals surface area contributed by atoms with Gasteiger partial charge in [0.05, 0.1) is 5.56 Å². The van der Waals surface area contributed by atoms with Crippen molar-refractivity contribution in [2.75, 3.05) is 0 Å². The molecule has 5 nitrogen and oxygen atoms in total. The van der Waals surface area contributed by atoms with Crippen LogP contribution in [0.25, 0.3) is 0 Å². The number of phenolic OH excluding ortho intramolecular Hbond substituents is 1. The highest BCUT2D eigenvalue weighted by Crippen LogP contribution is 2.26. The van der Waals surface area contributed by atoms with Crippen LogP contribution >= 0.6 is 0 Å². The molecule has 0 heterocycles. The Bertz CT molecular complexity index is 539. The molecule has 1 aromatic rings. The molecular formula is C17H24O5. The van der Waals surface area contributed by atoms with E-state index in [1.807, 2.05) is 0 Å². The second-order valence-electron chi connectivity index (χ2n) is 7.19. The van der Waals surface area contributed by atoms with Gasteiger partial charge in [0.1, 0.15) is 22.5 Å². The molecule has 0 saturated heterocycles. The quantitative estimate of drug-likeness (QED) is 0.845. The van der Waals surface area contributed by atoms with Crippen LogP contribution in [0, 0.1) is 6.92 Å². The summed E-state index contributed by atoms with van der Waals surface area (Å²) in [6, 6.07) is 2.67. The average molecular weight is 308 g/mol. The molecule has 0 spiro atoms. The molecule has 0 saturated carbocycles. The first kappa shape index (κ1) is 18.0. The Morgan fingerprint density at radius 1 is 0.864 bits per heavy atom. The van der Waals surface area contributed by atoms with E-state index in [1.165, 1.54) is 12.1 Å². The van der Waals surface area contributed by atoms with Crippen LogP contribution in [-0.4, -0.2) is 28.2 Å². The largest absolute Gasteiger partial charge is 0.507 e.